The highest BCUT2D eigenvalue weighted by molar-refractivity contribution is 5.21. The molecule has 0 aliphatic heterocycles. The van der Waals surface area contributed by atoms with Crippen LogP contribution in [0.1, 0.15) is 24.5 Å². The molecule has 0 saturated heterocycles. The fourth-order valence-corrected chi connectivity index (χ4v) is 2.40. The lowest BCUT2D eigenvalue weighted by molar-refractivity contribution is 0.492. The molecular weight excluding hydrogens is 268 g/mol. The summed E-state index contributed by atoms with van der Waals surface area (Å²) in [5, 5.41) is 3.45. The van der Waals surface area contributed by atoms with E-state index in [0.29, 0.717) is 12.0 Å². The van der Waals surface area contributed by atoms with Crippen LogP contribution in [0.25, 0.3) is 0 Å². The van der Waals surface area contributed by atoms with Gasteiger partial charge >= 0.3 is 0 Å². The molecule has 0 amide bonds. The van der Waals surface area contributed by atoms with E-state index in [0.717, 1.165) is 24.9 Å². The molecule has 1 N–H and O–H groups in total. The van der Waals surface area contributed by atoms with Crippen molar-refractivity contribution in [2.75, 3.05) is 6.54 Å². The van der Waals surface area contributed by atoms with E-state index < -0.39 is 0 Å². The Labute approximate surface area is 125 Å². The predicted molar refractivity (Wildman–Crippen MR) is 82.3 cm³/mol. The molecule has 3 heteroatoms. The summed E-state index contributed by atoms with van der Waals surface area (Å²) in [4.78, 5) is 0. The van der Waals surface area contributed by atoms with Gasteiger partial charge in [0, 0.05) is 6.04 Å². The van der Waals surface area contributed by atoms with Crippen LogP contribution in [-0.2, 0) is 12.8 Å². The van der Waals surface area contributed by atoms with E-state index in [9.17, 15) is 8.78 Å². The lowest BCUT2D eigenvalue weighted by atomic mass is 9.98. The van der Waals surface area contributed by atoms with Gasteiger partial charge in [0.15, 0.2) is 0 Å². The molecule has 2 aromatic carbocycles. The molecule has 1 atom stereocenters. The van der Waals surface area contributed by atoms with Gasteiger partial charge in [-0.05, 0) is 55.1 Å². The minimum atomic E-state index is -0.231. The van der Waals surface area contributed by atoms with Crippen molar-refractivity contribution in [3.8, 4) is 0 Å². The first-order chi connectivity index (χ1) is 10.2. The van der Waals surface area contributed by atoms with Crippen LogP contribution in [0.15, 0.2) is 48.5 Å². The summed E-state index contributed by atoms with van der Waals surface area (Å²) < 4.78 is 26.7. The third kappa shape index (κ3) is 4.94. The molecule has 0 aliphatic rings. The molecule has 21 heavy (non-hydrogen) atoms. The number of halogens is 2. The highest BCUT2D eigenvalue weighted by Gasteiger charge is 2.12. The highest BCUT2D eigenvalue weighted by atomic mass is 19.1. The third-order valence-electron chi connectivity index (χ3n) is 3.50. The molecule has 1 unspecified atom stereocenters. The average Bonchev–Trinajstić information content (AvgIpc) is 2.49. The first-order valence-corrected chi connectivity index (χ1v) is 7.40. The van der Waals surface area contributed by atoms with Gasteiger partial charge in [0.25, 0.3) is 0 Å². The topological polar surface area (TPSA) is 12.0 Å². The monoisotopic (exact) mass is 289 g/mol. The van der Waals surface area contributed by atoms with E-state index in [1.807, 2.05) is 12.1 Å². The van der Waals surface area contributed by atoms with Gasteiger partial charge in [0.05, 0.1) is 0 Å². The quantitative estimate of drug-likeness (QED) is 0.808. The molecule has 2 aromatic rings. The van der Waals surface area contributed by atoms with Crippen molar-refractivity contribution >= 4 is 0 Å². The Kier molecular flexibility index (Phi) is 5.88. The molecule has 0 heterocycles. The molecule has 0 radical (unpaired) electrons. The molecule has 1 nitrogen and oxygen atoms in total. The molecule has 2 rings (SSSR count). The maximum atomic E-state index is 13.8. The maximum Gasteiger partial charge on any atom is 0.126 e. The van der Waals surface area contributed by atoms with E-state index in [1.165, 1.54) is 18.2 Å². The van der Waals surface area contributed by atoms with Crippen LogP contribution in [-0.4, -0.2) is 12.6 Å². The van der Waals surface area contributed by atoms with Crippen LogP contribution >= 0.6 is 0 Å². The van der Waals surface area contributed by atoms with Gasteiger partial charge in [-0.1, -0.05) is 37.3 Å². The van der Waals surface area contributed by atoms with E-state index in [-0.39, 0.29) is 17.7 Å². The second-order valence-electron chi connectivity index (χ2n) is 5.28. The summed E-state index contributed by atoms with van der Waals surface area (Å²) >= 11 is 0. The maximum absolute atomic E-state index is 13.8. The highest BCUT2D eigenvalue weighted by Crippen LogP contribution is 2.13. The smallest absolute Gasteiger partial charge is 0.126 e. The number of hydrogen-bond donors (Lipinski definition) is 1. The lowest BCUT2D eigenvalue weighted by Crippen LogP contribution is -2.34. The van der Waals surface area contributed by atoms with Gasteiger partial charge in [-0.15, -0.1) is 0 Å². The molecule has 0 saturated carbocycles. The van der Waals surface area contributed by atoms with E-state index in [4.69, 9.17) is 0 Å². The molecule has 0 fully saturated rings. The Morgan fingerprint density at radius 2 is 1.67 bits per heavy atom. The molecule has 0 aliphatic carbocycles. The average molecular weight is 289 g/mol. The van der Waals surface area contributed by atoms with Gasteiger partial charge in [-0.25, -0.2) is 8.78 Å². The van der Waals surface area contributed by atoms with Crippen molar-refractivity contribution in [2.24, 2.45) is 0 Å². The second kappa shape index (κ2) is 7.89. The second-order valence-corrected chi connectivity index (χ2v) is 5.28. The zero-order chi connectivity index (χ0) is 15.1. The van der Waals surface area contributed by atoms with Gasteiger partial charge in [-0.2, -0.15) is 0 Å². The Bertz CT molecular complexity index is 551. The summed E-state index contributed by atoms with van der Waals surface area (Å²) in [6.45, 7) is 2.99. The van der Waals surface area contributed by atoms with E-state index >= 15 is 0 Å². The molecule has 0 bridgehead atoms. The lowest BCUT2D eigenvalue weighted by Gasteiger charge is -2.19. The zero-order valence-corrected chi connectivity index (χ0v) is 12.3. The zero-order valence-electron chi connectivity index (χ0n) is 12.3. The Morgan fingerprint density at radius 1 is 0.952 bits per heavy atom. The fourth-order valence-electron chi connectivity index (χ4n) is 2.40. The molecular formula is C18H21F2N. The summed E-state index contributed by atoms with van der Waals surface area (Å²) in [6, 6.07) is 13.5. The van der Waals surface area contributed by atoms with Gasteiger partial charge < -0.3 is 5.32 Å². The Morgan fingerprint density at radius 3 is 2.33 bits per heavy atom. The minimum absolute atomic E-state index is 0.146. The van der Waals surface area contributed by atoms with Crippen molar-refractivity contribution in [2.45, 2.75) is 32.2 Å². The molecule has 112 valence electrons. The van der Waals surface area contributed by atoms with Crippen molar-refractivity contribution in [3.05, 3.63) is 71.3 Å². The van der Waals surface area contributed by atoms with Crippen LogP contribution in [0.3, 0.4) is 0 Å². The standard InChI is InChI=1S/C18H21F2N/c1-2-11-21-17(12-14-7-9-16(19)10-8-14)13-15-5-3-4-6-18(15)20/h3-10,17,21H,2,11-13H2,1H3. The van der Waals surface area contributed by atoms with Crippen LogP contribution < -0.4 is 5.32 Å². The number of rotatable bonds is 7. The van der Waals surface area contributed by atoms with Crippen molar-refractivity contribution in [1.82, 2.24) is 5.32 Å². The van der Waals surface area contributed by atoms with Crippen LogP contribution in [0.2, 0.25) is 0 Å². The summed E-state index contributed by atoms with van der Waals surface area (Å²) in [5.41, 5.74) is 1.77. The van der Waals surface area contributed by atoms with Crippen LogP contribution in [0, 0.1) is 11.6 Å². The minimum Gasteiger partial charge on any atom is -0.313 e. The van der Waals surface area contributed by atoms with Gasteiger partial charge in [-0.3, -0.25) is 0 Å². The SMILES string of the molecule is CCCNC(Cc1ccc(F)cc1)Cc1ccccc1F. The predicted octanol–water partition coefficient (Wildman–Crippen LogP) is 4.12. The third-order valence-corrected chi connectivity index (χ3v) is 3.50. The Balaban J connectivity index is 2.07. The van der Waals surface area contributed by atoms with Crippen LogP contribution in [0.5, 0.6) is 0 Å². The number of nitrogens with one attached hydrogen (secondary N) is 1. The summed E-state index contributed by atoms with van der Waals surface area (Å²) in [7, 11) is 0. The van der Waals surface area contributed by atoms with Crippen LogP contribution in [0.4, 0.5) is 8.78 Å². The van der Waals surface area contributed by atoms with Gasteiger partial charge in [0.1, 0.15) is 11.6 Å². The largest absolute Gasteiger partial charge is 0.313 e. The van der Waals surface area contributed by atoms with Gasteiger partial charge in [0.2, 0.25) is 0 Å². The molecule has 0 spiro atoms. The van der Waals surface area contributed by atoms with Crippen molar-refractivity contribution < 1.29 is 8.78 Å². The molecule has 0 aromatic heterocycles. The summed E-state index contributed by atoms with van der Waals surface area (Å²) in [5.74, 6) is -0.397. The first kappa shape index (κ1) is 15.6. The normalized spacial score (nSPS) is 12.3. The van der Waals surface area contributed by atoms with Crippen molar-refractivity contribution in [1.29, 1.82) is 0 Å². The van der Waals surface area contributed by atoms with Crippen molar-refractivity contribution in [3.63, 3.8) is 0 Å². The van der Waals surface area contributed by atoms with E-state index in [1.54, 1.807) is 18.2 Å². The van der Waals surface area contributed by atoms with E-state index in [2.05, 4.69) is 12.2 Å². The number of hydrogen-bond acceptors (Lipinski definition) is 1. The number of benzene rings is 2. The Hall–Kier alpha value is -1.74. The first-order valence-electron chi connectivity index (χ1n) is 7.40. The fraction of sp³-hybridized carbons (Fsp3) is 0.333. The summed E-state index contributed by atoms with van der Waals surface area (Å²) in [6.07, 6.45) is 2.41.